The normalized spacial score (nSPS) is 16.6. The Morgan fingerprint density at radius 3 is 2.50 bits per heavy atom. The Labute approximate surface area is 176 Å². The summed E-state index contributed by atoms with van der Waals surface area (Å²) in [4.78, 5) is 2.51. The molecule has 152 valence electrons. The van der Waals surface area contributed by atoms with Gasteiger partial charge in [0.25, 0.3) is 0 Å². The van der Waals surface area contributed by atoms with Gasteiger partial charge in [-0.1, -0.05) is 30.3 Å². The number of nitrogens with zero attached hydrogens (tertiary/aromatic N) is 4. The van der Waals surface area contributed by atoms with Crippen LogP contribution in [0.1, 0.15) is 24.4 Å². The van der Waals surface area contributed by atoms with Crippen LogP contribution in [0, 0.1) is 0 Å². The molecule has 30 heavy (non-hydrogen) atoms. The standard InChI is InChI=1S/C23H22N4O2S/c1-30(28,29)22-9-5-17(6-10-22)18-11-13-26(14-12-18)21-4-2-3-19(15-21)23-25-24-16-27(23)20-7-8-20/h2-6,9-13,15-16,20H,7-8,14H2,1H3. The molecular formula is C23H22N4O2S. The summed E-state index contributed by atoms with van der Waals surface area (Å²) in [5.74, 6) is 0.919. The van der Waals surface area contributed by atoms with Gasteiger partial charge in [-0.2, -0.15) is 0 Å². The van der Waals surface area contributed by atoms with E-state index < -0.39 is 9.84 Å². The van der Waals surface area contributed by atoms with E-state index in [1.54, 1.807) is 12.1 Å². The second kappa shape index (κ2) is 7.25. The Morgan fingerprint density at radius 2 is 1.83 bits per heavy atom. The van der Waals surface area contributed by atoms with Crippen molar-refractivity contribution >= 4 is 21.1 Å². The van der Waals surface area contributed by atoms with E-state index in [0.29, 0.717) is 10.9 Å². The predicted molar refractivity (Wildman–Crippen MR) is 118 cm³/mol. The molecule has 0 radical (unpaired) electrons. The molecule has 1 aliphatic carbocycles. The summed E-state index contributed by atoms with van der Waals surface area (Å²) >= 11 is 0. The van der Waals surface area contributed by atoms with Crippen LogP contribution in [0.3, 0.4) is 0 Å². The fourth-order valence-electron chi connectivity index (χ4n) is 3.69. The molecule has 2 heterocycles. The highest BCUT2D eigenvalue weighted by atomic mass is 32.2. The van der Waals surface area contributed by atoms with Gasteiger partial charge in [-0.25, -0.2) is 8.42 Å². The van der Waals surface area contributed by atoms with Crippen molar-refractivity contribution in [2.24, 2.45) is 0 Å². The van der Waals surface area contributed by atoms with Gasteiger partial charge in [-0.15, -0.1) is 10.2 Å². The zero-order chi connectivity index (χ0) is 20.7. The third-order valence-electron chi connectivity index (χ3n) is 5.51. The first-order valence-electron chi connectivity index (χ1n) is 9.94. The summed E-state index contributed by atoms with van der Waals surface area (Å²) in [6.07, 6.45) is 11.7. The quantitative estimate of drug-likeness (QED) is 0.624. The largest absolute Gasteiger partial charge is 0.344 e. The minimum atomic E-state index is -3.18. The summed E-state index contributed by atoms with van der Waals surface area (Å²) in [6, 6.07) is 15.9. The van der Waals surface area contributed by atoms with Crippen molar-refractivity contribution < 1.29 is 8.42 Å². The fraction of sp³-hybridized carbons (Fsp3) is 0.217. The van der Waals surface area contributed by atoms with Gasteiger partial charge in [-0.05, 0) is 54.3 Å². The van der Waals surface area contributed by atoms with Crippen molar-refractivity contribution in [2.75, 3.05) is 17.7 Å². The minimum Gasteiger partial charge on any atom is -0.344 e. The molecule has 1 aromatic heterocycles. The number of benzene rings is 2. The summed E-state index contributed by atoms with van der Waals surface area (Å²) in [7, 11) is -3.18. The van der Waals surface area contributed by atoms with E-state index in [1.165, 1.54) is 19.1 Å². The third kappa shape index (κ3) is 3.68. The molecule has 3 aromatic rings. The molecule has 1 fully saturated rings. The van der Waals surface area contributed by atoms with Crippen LogP contribution >= 0.6 is 0 Å². The van der Waals surface area contributed by atoms with Crippen LogP contribution in [0.25, 0.3) is 17.0 Å². The van der Waals surface area contributed by atoms with Crippen LogP contribution in [-0.2, 0) is 9.84 Å². The van der Waals surface area contributed by atoms with Crippen molar-refractivity contribution in [3.8, 4) is 11.4 Å². The summed E-state index contributed by atoms with van der Waals surface area (Å²) in [5, 5.41) is 8.44. The Balaban J connectivity index is 1.35. The van der Waals surface area contributed by atoms with Crippen LogP contribution in [0.5, 0.6) is 0 Å². The molecule has 7 heteroatoms. The maximum absolute atomic E-state index is 11.6. The number of sulfone groups is 1. The molecule has 2 aliphatic rings. The lowest BCUT2D eigenvalue weighted by atomic mass is 10.0. The molecule has 0 atom stereocenters. The van der Waals surface area contributed by atoms with Crippen LogP contribution in [0.15, 0.2) is 78.1 Å². The number of aromatic nitrogens is 3. The number of hydrogen-bond acceptors (Lipinski definition) is 5. The lowest BCUT2D eigenvalue weighted by Gasteiger charge is -2.23. The average Bonchev–Trinajstić information content (AvgIpc) is 3.49. The van der Waals surface area contributed by atoms with E-state index in [-0.39, 0.29) is 0 Å². The Kier molecular flexibility index (Phi) is 4.55. The maximum Gasteiger partial charge on any atom is 0.175 e. The maximum atomic E-state index is 11.6. The van der Waals surface area contributed by atoms with E-state index in [9.17, 15) is 8.42 Å². The summed E-state index contributed by atoms with van der Waals surface area (Å²) in [5.41, 5.74) is 4.24. The van der Waals surface area contributed by atoms with Crippen LogP contribution in [-0.4, -0.2) is 36.0 Å². The Bertz CT molecular complexity index is 1250. The predicted octanol–water partition coefficient (Wildman–Crippen LogP) is 4.10. The first-order chi connectivity index (χ1) is 14.5. The lowest BCUT2D eigenvalue weighted by molar-refractivity contribution is 0.602. The van der Waals surface area contributed by atoms with Gasteiger partial charge < -0.3 is 9.47 Å². The smallest absolute Gasteiger partial charge is 0.175 e. The van der Waals surface area contributed by atoms with Crippen molar-refractivity contribution in [1.82, 2.24) is 14.8 Å². The Morgan fingerprint density at radius 1 is 1.03 bits per heavy atom. The van der Waals surface area contributed by atoms with Crippen molar-refractivity contribution in [1.29, 1.82) is 0 Å². The molecule has 0 spiro atoms. The topological polar surface area (TPSA) is 68.1 Å². The number of allylic oxidation sites excluding steroid dienone is 2. The van der Waals surface area contributed by atoms with E-state index >= 15 is 0 Å². The molecule has 6 nitrogen and oxygen atoms in total. The van der Waals surface area contributed by atoms with Crippen LogP contribution in [0.4, 0.5) is 5.69 Å². The third-order valence-corrected chi connectivity index (χ3v) is 6.64. The first-order valence-corrected chi connectivity index (χ1v) is 11.8. The molecular weight excluding hydrogens is 396 g/mol. The monoisotopic (exact) mass is 418 g/mol. The number of rotatable bonds is 5. The van der Waals surface area contributed by atoms with Gasteiger partial charge in [0.2, 0.25) is 0 Å². The van der Waals surface area contributed by atoms with Gasteiger partial charge in [0.15, 0.2) is 15.7 Å². The molecule has 0 N–H and O–H groups in total. The zero-order valence-corrected chi connectivity index (χ0v) is 17.5. The average molecular weight is 419 g/mol. The van der Waals surface area contributed by atoms with E-state index in [1.807, 2.05) is 24.5 Å². The van der Waals surface area contributed by atoms with Gasteiger partial charge in [0.05, 0.1) is 4.90 Å². The molecule has 0 bridgehead atoms. The van der Waals surface area contributed by atoms with Gasteiger partial charge in [0, 0.05) is 36.3 Å². The number of anilines is 1. The van der Waals surface area contributed by atoms with Crippen LogP contribution in [0.2, 0.25) is 0 Å². The highest BCUT2D eigenvalue weighted by Gasteiger charge is 2.26. The molecule has 2 aromatic carbocycles. The highest BCUT2D eigenvalue weighted by molar-refractivity contribution is 7.90. The van der Waals surface area contributed by atoms with Crippen molar-refractivity contribution in [3.05, 3.63) is 78.8 Å². The Hall–Kier alpha value is -3.19. The van der Waals surface area contributed by atoms with E-state index in [0.717, 1.165) is 34.8 Å². The van der Waals surface area contributed by atoms with Gasteiger partial charge >= 0.3 is 0 Å². The first kappa shape index (κ1) is 18.8. The van der Waals surface area contributed by atoms with E-state index in [4.69, 9.17) is 0 Å². The molecule has 1 saturated carbocycles. The summed E-state index contributed by atoms with van der Waals surface area (Å²) < 4.78 is 25.5. The lowest BCUT2D eigenvalue weighted by Crippen LogP contribution is -2.18. The minimum absolute atomic E-state index is 0.337. The van der Waals surface area contributed by atoms with Gasteiger partial charge in [-0.3, -0.25) is 0 Å². The summed E-state index contributed by atoms with van der Waals surface area (Å²) in [6.45, 7) is 0.735. The fourth-order valence-corrected chi connectivity index (χ4v) is 4.32. The molecule has 0 saturated heterocycles. The molecule has 1 aliphatic heterocycles. The molecule has 5 rings (SSSR count). The second-order valence-electron chi connectivity index (χ2n) is 7.77. The van der Waals surface area contributed by atoms with Gasteiger partial charge in [0.1, 0.15) is 6.33 Å². The molecule has 0 unspecified atom stereocenters. The molecule has 0 amide bonds. The van der Waals surface area contributed by atoms with Crippen molar-refractivity contribution in [2.45, 2.75) is 23.8 Å². The van der Waals surface area contributed by atoms with Crippen molar-refractivity contribution in [3.63, 3.8) is 0 Å². The highest BCUT2D eigenvalue weighted by Crippen LogP contribution is 2.38. The van der Waals surface area contributed by atoms with Crippen LogP contribution < -0.4 is 4.90 Å². The van der Waals surface area contributed by atoms with E-state index in [2.05, 4.69) is 56.2 Å². The second-order valence-corrected chi connectivity index (χ2v) is 9.78. The SMILES string of the molecule is CS(=O)(=O)c1ccc(C2=CCN(c3cccc(-c4nncn4C4CC4)c3)C=C2)cc1. The number of hydrogen-bond donors (Lipinski definition) is 0. The zero-order valence-electron chi connectivity index (χ0n) is 16.6.